The van der Waals surface area contributed by atoms with Crippen LogP contribution in [0, 0.1) is 0 Å². The Balaban J connectivity index is 1.96. The summed E-state index contributed by atoms with van der Waals surface area (Å²) in [5.74, 6) is 0. The minimum absolute atomic E-state index is 0.300. The Hall–Kier alpha value is 0.605. The minimum atomic E-state index is -0.300. The number of halogens is 2. The minimum Gasteiger partial charge on any atom is -0.309 e. The third-order valence-corrected chi connectivity index (χ3v) is 4.67. The van der Waals surface area contributed by atoms with Crippen molar-refractivity contribution in [2.45, 2.75) is 76.3 Å². The third kappa shape index (κ3) is 3.30. The SMILES string of the molecule is ClB(Cl)N(C1CCCCC1)C1CCCCC1. The van der Waals surface area contributed by atoms with E-state index in [4.69, 9.17) is 22.9 Å². The molecule has 0 atom stereocenters. The molecule has 0 saturated heterocycles. The fourth-order valence-electron chi connectivity index (χ4n) is 3.38. The van der Waals surface area contributed by atoms with Crippen LogP contribution in [0.5, 0.6) is 0 Å². The Morgan fingerprint density at radius 2 is 1.06 bits per heavy atom. The third-order valence-electron chi connectivity index (χ3n) is 4.22. The van der Waals surface area contributed by atoms with Gasteiger partial charge in [0.05, 0.1) is 0 Å². The van der Waals surface area contributed by atoms with Crippen molar-refractivity contribution >= 4 is 28.6 Å². The van der Waals surface area contributed by atoms with E-state index in [1.165, 1.54) is 64.2 Å². The van der Waals surface area contributed by atoms with Gasteiger partial charge >= 0.3 is 5.68 Å². The maximum absolute atomic E-state index is 6.20. The van der Waals surface area contributed by atoms with Gasteiger partial charge in [0.1, 0.15) is 0 Å². The summed E-state index contributed by atoms with van der Waals surface area (Å²) in [6, 6.07) is 1.30. The smallest absolute Gasteiger partial charge is 0.309 e. The van der Waals surface area contributed by atoms with Crippen LogP contribution in [0.25, 0.3) is 0 Å². The van der Waals surface area contributed by atoms with Gasteiger partial charge in [-0.2, -0.15) is 0 Å². The van der Waals surface area contributed by atoms with Crippen molar-refractivity contribution in [2.75, 3.05) is 0 Å². The molecule has 92 valence electrons. The molecular formula is C12H22BCl2N. The van der Waals surface area contributed by atoms with Crippen molar-refractivity contribution in [1.82, 2.24) is 4.81 Å². The molecule has 0 radical (unpaired) electrons. The van der Waals surface area contributed by atoms with E-state index < -0.39 is 0 Å². The normalized spacial score (nSPS) is 24.9. The van der Waals surface area contributed by atoms with Gasteiger partial charge in [0.15, 0.2) is 0 Å². The zero-order valence-electron chi connectivity index (χ0n) is 10.0. The molecule has 0 spiro atoms. The first-order valence-electron chi connectivity index (χ1n) is 6.84. The fraction of sp³-hybridized carbons (Fsp3) is 1.00. The van der Waals surface area contributed by atoms with Gasteiger partial charge in [-0.05, 0) is 25.7 Å². The molecule has 2 aliphatic rings. The summed E-state index contributed by atoms with van der Waals surface area (Å²) in [4.78, 5) is 2.42. The predicted octanol–water partition coefficient (Wildman–Crippen LogP) is 4.42. The molecule has 2 saturated carbocycles. The summed E-state index contributed by atoms with van der Waals surface area (Å²) in [6.07, 6.45) is 13.4. The van der Waals surface area contributed by atoms with Gasteiger partial charge in [-0.25, -0.2) is 0 Å². The van der Waals surface area contributed by atoms with Crippen molar-refractivity contribution in [2.24, 2.45) is 0 Å². The van der Waals surface area contributed by atoms with Gasteiger partial charge in [-0.3, -0.25) is 0 Å². The van der Waals surface area contributed by atoms with Crippen LogP contribution in [0.15, 0.2) is 0 Å². The number of hydrogen-bond donors (Lipinski definition) is 0. The highest BCUT2D eigenvalue weighted by atomic mass is 35.5. The lowest BCUT2D eigenvalue weighted by Crippen LogP contribution is -2.49. The summed E-state index contributed by atoms with van der Waals surface area (Å²) >= 11 is 12.4. The van der Waals surface area contributed by atoms with Gasteiger partial charge < -0.3 is 4.81 Å². The standard InChI is InChI=1S/C12H22BCl2N/c14-13(15)16(11-7-3-1-4-8-11)12-9-5-2-6-10-12/h11-12H,1-10H2. The lowest BCUT2D eigenvalue weighted by molar-refractivity contribution is 0.171. The molecule has 2 rings (SSSR count). The molecule has 0 aromatic heterocycles. The van der Waals surface area contributed by atoms with E-state index in [1.807, 2.05) is 0 Å². The van der Waals surface area contributed by atoms with Gasteiger partial charge in [0.25, 0.3) is 0 Å². The summed E-state index contributed by atoms with van der Waals surface area (Å²) in [6.45, 7) is 0. The molecule has 4 heteroatoms. The molecule has 0 unspecified atom stereocenters. The molecule has 0 bridgehead atoms. The van der Waals surface area contributed by atoms with Crippen LogP contribution in [0.2, 0.25) is 0 Å². The zero-order valence-corrected chi connectivity index (χ0v) is 11.5. The van der Waals surface area contributed by atoms with Crippen LogP contribution in [0.4, 0.5) is 0 Å². The van der Waals surface area contributed by atoms with E-state index in [-0.39, 0.29) is 5.68 Å². The van der Waals surface area contributed by atoms with Crippen LogP contribution >= 0.6 is 22.9 Å². The average molecular weight is 262 g/mol. The number of hydrogen-bond acceptors (Lipinski definition) is 1. The lowest BCUT2D eigenvalue weighted by Gasteiger charge is -2.41. The summed E-state index contributed by atoms with van der Waals surface area (Å²) in [5, 5.41) is 0. The number of nitrogens with zero attached hydrogens (tertiary/aromatic N) is 1. The van der Waals surface area contributed by atoms with Crippen molar-refractivity contribution in [3.8, 4) is 0 Å². The van der Waals surface area contributed by atoms with Gasteiger partial charge in [0, 0.05) is 12.1 Å². The molecular weight excluding hydrogens is 240 g/mol. The Morgan fingerprint density at radius 1 is 0.688 bits per heavy atom. The maximum Gasteiger partial charge on any atom is 0.435 e. The van der Waals surface area contributed by atoms with Crippen molar-refractivity contribution in [3.05, 3.63) is 0 Å². The van der Waals surface area contributed by atoms with E-state index in [9.17, 15) is 0 Å². The molecule has 0 aromatic carbocycles. The first-order chi connectivity index (χ1) is 7.79. The summed E-state index contributed by atoms with van der Waals surface area (Å²) < 4.78 is 0. The Kier molecular flexibility index (Phi) is 5.31. The molecule has 2 fully saturated rings. The van der Waals surface area contributed by atoms with E-state index in [2.05, 4.69) is 4.81 Å². The van der Waals surface area contributed by atoms with Gasteiger partial charge in [-0.15, -0.1) is 22.9 Å². The number of rotatable bonds is 3. The monoisotopic (exact) mass is 261 g/mol. The van der Waals surface area contributed by atoms with Gasteiger partial charge in [-0.1, -0.05) is 38.5 Å². The first-order valence-corrected chi connectivity index (χ1v) is 7.72. The van der Waals surface area contributed by atoms with Crippen LogP contribution < -0.4 is 0 Å². The van der Waals surface area contributed by atoms with Crippen molar-refractivity contribution in [3.63, 3.8) is 0 Å². The molecule has 16 heavy (non-hydrogen) atoms. The maximum atomic E-state index is 6.20. The molecule has 0 aliphatic heterocycles. The predicted molar refractivity (Wildman–Crippen MR) is 73.0 cm³/mol. The molecule has 0 heterocycles. The van der Waals surface area contributed by atoms with Crippen LogP contribution in [-0.2, 0) is 0 Å². The van der Waals surface area contributed by atoms with Crippen LogP contribution in [0.1, 0.15) is 64.2 Å². The topological polar surface area (TPSA) is 3.24 Å². The highest BCUT2D eigenvalue weighted by molar-refractivity contribution is 7.32. The zero-order chi connectivity index (χ0) is 11.4. The van der Waals surface area contributed by atoms with E-state index in [1.54, 1.807) is 0 Å². The highest BCUT2D eigenvalue weighted by Gasteiger charge is 2.34. The lowest BCUT2D eigenvalue weighted by atomic mass is 9.86. The highest BCUT2D eigenvalue weighted by Crippen LogP contribution is 2.32. The van der Waals surface area contributed by atoms with Crippen molar-refractivity contribution in [1.29, 1.82) is 0 Å². The van der Waals surface area contributed by atoms with Gasteiger partial charge in [0.2, 0.25) is 0 Å². The van der Waals surface area contributed by atoms with Crippen LogP contribution in [-0.4, -0.2) is 22.6 Å². The molecule has 2 aliphatic carbocycles. The fourth-order valence-corrected chi connectivity index (χ4v) is 4.01. The second kappa shape index (κ2) is 6.51. The first kappa shape index (κ1) is 13.0. The van der Waals surface area contributed by atoms with E-state index >= 15 is 0 Å². The molecule has 0 aromatic rings. The van der Waals surface area contributed by atoms with E-state index in [0.29, 0.717) is 12.1 Å². The Morgan fingerprint density at radius 3 is 1.38 bits per heavy atom. The summed E-state index contributed by atoms with van der Waals surface area (Å²) in [7, 11) is 0. The second-order valence-corrected chi connectivity index (χ2v) is 6.36. The molecule has 0 N–H and O–H groups in total. The van der Waals surface area contributed by atoms with Crippen LogP contribution in [0.3, 0.4) is 0 Å². The molecule has 1 nitrogen and oxygen atoms in total. The summed E-state index contributed by atoms with van der Waals surface area (Å²) in [5.41, 5.74) is -0.300. The molecule has 0 amide bonds. The average Bonchev–Trinajstić information content (AvgIpc) is 2.31. The largest absolute Gasteiger partial charge is 0.435 e. The van der Waals surface area contributed by atoms with E-state index in [0.717, 1.165) is 0 Å². The Labute approximate surface area is 110 Å². The second-order valence-electron chi connectivity index (χ2n) is 5.31. The quantitative estimate of drug-likeness (QED) is 0.680. The van der Waals surface area contributed by atoms with Crippen molar-refractivity contribution < 1.29 is 0 Å². The Bertz CT molecular complexity index is 183.